The Balaban J connectivity index is 2.26. The van der Waals surface area contributed by atoms with Gasteiger partial charge in [0.25, 0.3) is 0 Å². The Morgan fingerprint density at radius 3 is 2.56 bits per heavy atom. The highest BCUT2D eigenvalue weighted by molar-refractivity contribution is 5.73. The van der Waals surface area contributed by atoms with Crippen LogP contribution in [0.2, 0.25) is 0 Å². The predicted octanol–water partition coefficient (Wildman–Crippen LogP) is 1.94. The molecule has 0 fully saturated rings. The van der Waals surface area contributed by atoms with E-state index in [4.69, 9.17) is 0 Å². The fraction of sp³-hybridized carbons (Fsp3) is 0.692. The molecule has 5 heteroatoms. The number of rotatable bonds is 6. The summed E-state index contributed by atoms with van der Waals surface area (Å²) >= 11 is 0. The second-order valence-corrected chi connectivity index (χ2v) is 4.41. The molecule has 0 saturated carbocycles. The third-order valence-corrected chi connectivity index (χ3v) is 2.98. The van der Waals surface area contributed by atoms with Gasteiger partial charge in [-0.2, -0.15) is 5.10 Å². The van der Waals surface area contributed by atoms with Crippen LogP contribution >= 0.6 is 0 Å². The fourth-order valence-corrected chi connectivity index (χ4v) is 1.95. The van der Waals surface area contributed by atoms with E-state index >= 15 is 0 Å². The van der Waals surface area contributed by atoms with Gasteiger partial charge in [-0.1, -0.05) is 0 Å². The first kappa shape index (κ1) is 14.5. The van der Waals surface area contributed by atoms with E-state index in [2.05, 4.69) is 23.4 Å². The van der Waals surface area contributed by atoms with Crippen molar-refractivity contribution in [2.24, 2.45) is 0 Å². The molecule has 0 saturated heterocycles. The van der Waals surface area contributed by atoms with Crippen LogP contribution in [0.25, 0.3) is 0 Å². The molecule has 0 unspecified atom stereocenters. The average Bonchev–Trinajstić information content (AvgIpc) is 2.65. The zero-order chi connectivity index (χ0) is 13.5. The summed E-state index contributed by atoms with van der Waals surface area (Å²) in [6, 6.07) is 2.09. The van der Waals surface area contributed by atoms with Crippen LogP contribution in [-0.4, -0.2) is 40.3 Å². The lowest BCUT2D eigenvalue weighted by Gasteiger charge is -2.19. The van der Waals surface area contributed by atoms with Crippen molar-refractivity contribution >= 4 is 6.03 Å². The van der Waals surface area contributed by atoms with Gasteiger partial charge in [-0.3, -0.25) is 4.68 Å². The van der Waals surface area contributed by atoms with Crippen molar-refractivity contribution in [2.75, 3.05) is 19.6 Å². The maximum atomic E-state index is 11.7. The van der Waals surface area contributed by atoms with E-state index in [1.54, 1.807) is 4.90 Å². The minimum Gasteiger partial charge on any atom is -0.338 e. The highest BCUT2D eigenvalue weighted by atomic mass is 16.2. The maximum Gasteiger partial charge on any atom is 0.317 e. The Kier molecular flexibility index (Phi) is 5.68. The molecule has 1 N–H and O–H groups in total. The lowest BCUT2D eigenvalue weighted by atomic mass is 10.4. The summed E-state index contributed by atoms with van der Waals surface area (Å²) in [6.45, 7) is 11.0. The molecule has 0 aliphatic heterocycles. The topological polar surface area (TPSA) is 50.2 Å². The molecule has 1 heterocycles. The molecule has 0 aliphatic rings. The molecule has 0 aliphatic carbocycles. The molecule has 18 heavy (non-hydrogen) atoms. The molecule has 0 spiro atoms. The van der Waals surface area contributed by atoms with Crippen molar-refractivity contribution in [2.45, 2.75) is 40.7 Å². The van der Waals surface area contributed by atoms with Crippen LogP contribution in [-0.2, 0) is 6.54 Å². The van der Waals surface area contributed by atoms with Gasteiger partial charge in [0.15, 0.2) is 0 Å². The van der Waals surface area contributed by atoms with E-state index in [1.165, 1.54) is 5.69 Å². The first-order valence-corrected chi connectivity index (χ1v) is 6.62. The zero-order valence-electron chi connectivity index (χ0n) is 11.9. The van der Waals surface area contributed by atoms with Crippen molar-refractivity contribution < 1.29 is 4.79 Å². The van der Waals surface area contributed by atoms with Crippen molar-refractivity contribution in [3.05, 3.63) is 17.5 Å². The van der Waals surface area contributed by atoms with Crippen LogP contribution in [0.15, 0.2) is 6.07 Å². The van der Waals surface area contributed by atoms with Gasteiger partial charge in [-0.25, -0.2) is 4.79 Å². The summed E-state index contributed by atoms with van der Waals surface area (Å²) in [4.78, 5) is 13.5. The molecule has 0 bridgehead atoms. The lowest BCUT2D eigenvalue weighted by Crippen LogP contribution is -2.40. The molecular formula is C13H24N4O. The van der Waals surface area contributed by atoms with Crippen molar-refractivity contribution in [3.63, 3.8) is 0 Å². The molecule has 0 radical (unpaired) electrons. The van der Waals surface area contributed by atoms with E-state index in [9.17, 15) is 4.79 Å². The number of hydrogen-bond acceptors (Lipinski definition) is 2. The number of nitrogens with zero attached hydrogens (tertiary/aromatic N) is 3. The van der Waals surface area contributed by atoms with Crippen LogP contribution in [0.4, 0.5) is 4.79 Å². The maximum absolute atomic E-state index is 11.7. The Hall–Kier alpha value is -1.52. The number of amides is 2. The van der Waals surface area contributed by atoms with E-state index in [-0.39, 0.29) is 6.03 Å². The first-order chi connectivity index (χ1) is 8.58. The number of hydrogen-bond donors (Lipinski definition) is 1. The van der Waals surface area contributed by atoms with E-state index < -0.39 is 0 Å². The summed E-state index contributed by atoms with van der Waals surface area (Å²) in [5.74, 6) is 0. The SMILES string of the molecule is CCN(CC)C(=O)NCCCn1nc(C)cc1C. The molecule has 0 atom stereocenters. The molecule has 1 aromatic rings. The number of carbonyl (C=O) groups is 1. The lowest BCUT2D eigenvalue weighted by molar-refractivity contribution is 0.203. The van der Waals surface area contributed by atoms with E-state index in [1.807, 2.05) is 25.5 Å². The normalized spacial score (nSPS) is 10.4. The summed E-state index contributed by atoms with van der Waals surface area (Å²) in [6.07, 6.45) is 0.898. The highest BCUT2D eigenvalue weighted by Crippen LogP contribution is 2.02. The monoisotopic (exact) mass is 252 g/mol. The molecule has 1 aromatic heterocycles. The average molecular weight is 252 g/mol. The standard InChI is InChI=1S/C13H24N4O/c1-5-16(6-2)13(18)14-8-7-9-17-12(4)10-11(3)15-17/h10H,5-9H2,1-4H3,(H,14,18). The molecule has 2 amide bonds. The van der Waals surface area contributed by atoms with Gasteiger partial charge in [0.2, 0.25) is 0 Å². The first-order valence-electron chi connectivity index (χ1n) is 6.62. The second-order valence-electron chi connectivity index (χ2n) is 4.41. The van der Waals surface area contributed by atoms with Crippen LogP contribution in [0.5, 0.6) is 0 Å². The molecule has 102 valence electrons. The third kappa shape index (κ3) is 4.05. The summed E-state index contributed by atoms with van der Waals surface area (Å²) in [7, 11) is 0. The van der Waals surface area contributed by atoms with Gasteiger partial charge in [-0.15, -0.1) is 0 Å². The van der Waals surface area contributed by atoms with Crippen LogP contribution in [0.1, 0.15) is 31.7 Å². The summed E-state index contributed by atoms with van der Waals surface area (Å²) < 4.78 is 1.99. The van der Waals surface area contributed by atoms with Gasteiger partial charge in [0.05, 0.1) is 5.69 Å². The van der Waals surface area contributed by atoms with Gasteiger partial charge < -0.3 is 10.2 Å². The Labute approximate surface area is 109 Å². The largest absolute Gasteiger partial charge is 0.338 e. The highest BCUT2D eigenvalue weighted by Gasteiger charge is 2.07. The smallest absolute Gasteiger partial charge is 0.317 e. The fourth-order valence-electron chi connectivity index (χ4n) is 1.95. The number of aryl methyl sites for hydroxylation is 3. The van der Waals surface area contributed by atoms with Crippen LogP contribution < -0.4 is 5.32 Å². The van der Waals surface area contributed by atoms with Gasteiger partial charge in [-0.05, 0) is 40.2 Å². The second kappa shape index (κ2) is 7.03. The zero-order valence-corrected chi connectivity index (χ0v) is 11.9. The van der Waals surface area contributed by atoms with Crippen molar-refractivity contribution in [1.82, 2.24) is 20.0 Å². The molecular weight excluding hydrogens is 228 g/mol. The van der Waals surface area contributed by atoms with Gasteiger partial charge in [0.1, 0.15) is 0 Å². The van der Waals surface area contributed by atoms with Crippen molar-refractivity contribution in [3.8, 4) is 0 Å². The molecule has 0 aromatic carbocycles. The Bertz CT molecular complexity index is 382. The molecule has 5 nitrogen and oxygen atoms in total. The Morgan fingerprint density at radius 1 is 1.39 bits per heavy atom. The minimum atomic E-state index is 0.0216. The van der Waals surface area contributed by atoms with Gasteiger partial charge in [0, 0.05) is 31.9 Å². The summed E-state index contributed by atoms with van der Waals surface area (Å²) in [5.41, 5.74) is 2.21. The minimum absolute atomic E-state index is 0.0216. The predicted molar refractivity (Wildman–Crippen MR) is 72.6 cm³/mol. The van der Waals surface area contributed by atoms with Crippen LogP contribution in [0, 0.1) is 13.8 Å². The number of carbonyl (C=O) groups excluding carboxylic acids is 1. The third-order valence-electron chi connectivity index (χ3n) is 2.98. The van der Waals surface area contributed by atoms with E-state index in [0.717, 1.165) is 31.7 Å². The van der Waals surface area contributed by atoms with Crippen molar-refractivity contribution in [1.29, 1.82) is 0 Å². The van der Waals surface area contributed by atoms with Gasteiger partial charge >= 0.3 is 6.03 Å². The Morgan fingerprint density at radius 2 is 2.06 bits per heavy atom. The van der Waals surface area contributed by atoms with E-state index in [0.29, 0.717) is 6.54 Å². The quantitative estimate of drug-likeness (QED) is 0.787. The number of nitrogens with one attached hydrogen (secondary N) is 1. The summed E-state index contributed by atoms with van der Waals surface area (Å²) in [5, 5.41) is 7.31. The number of aromatic nitrogens is 2. The number of urea groups is 1. The van der Waals surface area contributed by atoms with Crippen LogP contribution in [0.3, 0.4) is 0 Å². The molecule has 1 rings (SSSR count).